The summed E-state index contributed by atoms with van der Waals surface area (Å²) in [4.78, 5) is 29.1. The van der Waals surface area contributed by atoms with Gasteiger partial charge in [-0.3, -0.25) is 15.1 Å². The number of piperidine rings is 1. The number of aliphatic hydroxyl groups is 2. The molecule has 1 fully saturated rings. The Labute approximate surface area is 324 Å². The average Bonchev–Trinajstić information content (AvgIpc) is 3.17. The predicted molar refractivity (Wildman–Crippen MR) is 204 cm³/mol. The highest BCUT2D eigenvalue weighted by Crippen LogP contribution is 2.36. The van der Waals surface area contributed by atoms with E-state index in [1.807, 2.05) is 50.2 Å². The van der Waals surface area contributed by atoms with Crippen molar-refractivity contribution in [2.45, 2.75) is 64.5 Å². The van der Waals surface area contributed by atoms with Crippen molar-refractivity contribution in [3.63, 3.8) is 0 Å². The number of likely N-dealkylation sites (tertiary alicyclic amines) is 1. The fourth-order valence-corrected chi connectivity index (χ4v) is 6.63. The van der Waals surface area contributed by atoms with Crippen LogP contribution in [0.1, 0.15) is 52.6 Å². The summed E-state index contributed by atoms with van der Waals surface area (Å²) in [5.41, 5.74) is 4.91. The molecule has 0 amide bonds. The van der Waals surface area contributed by atoms with Crippen molar-refractivity contribution >= 4 is 23.5 Å². The Morgan fingerprint density at radius 2 is 1.65 bits per heavy atom. The number of aliphatic hydroxyl groups excluding tert-OH is 1. The quantitative estimate of drug-likeness (QED) is 0.0823. The number of nitrogens with zero attached hydrogens (tertiary/aromatic N) is 3. The molecule has 5 N–H and O–H groups in total. The molecule has 0 saturated carbocycles. The van der Waals surface area contributed by atoms with Crippen molar-refractivity contribution in [3.8, 4) is 34.4 Å². The lowest BCUT2D eigenvalue weighted by Gasteiger charge is -2.35. The third kappa shape index (κ3) is 10.5. The minimum absolute atomic E-state index is 0.0326. The second-order valence-electron chi connectivity index (χ2n) is 13.5. The second-order valence-corrected chi connectivity index (χ2v) is 13.9. The second kappa shape index (κ2) is 18.9. The minimum Gasteiger partial charge on any atom is -0.493 e. The third-order valence-corrected chi connectivity index (χ3v) is 10.1. The molecule has 290 valence electrons. The first kappa shape index (κ1) is 40.9. The number of carbonyl (C=O) groups is 2. The number of benzene rings is 3. The number of nitriles is 1. The lowest BCUT2D eigenvalue weighted by atomic mass is 9.91. The summed E-state index contributed by atoms with van der Waals surface area (Å²) in [6.07, 6.45) is 4.21. The van der Waals surface area contributed by atoms with E-state index in [2.05, 4.69) is 21.3 Å². The van der Waals surface area contributed by atoms with Gasteiger partial charge in [-0.1, -0.05) is 41.9 Å². The van der Waals surface area contributed by atoms with Crippen LogP contribution < -0.4 is 19.5 Å². The number of hydrogen-bond acceptors (Lipinski definition) is 11. The number of rotatable bonds is 18. The van der Waals surface area contributed by atoms with Crippen LogP contribution in [0, 0.1) is 25.2 Å². The molecule has 3 aromatic carbocycles. The van der Waals surface area contributed by atoms with Crippen LogP contribution in [-0.2, 0) is 29.3 Å². The van der Waals surface area contributed by atoms with Gasteiger partial charge in [0.25, 0.3) is 0 Å². The molecule has 1 atom stereocenters. The summed E-state index contributed by atoms with van der Waals surface area (Å²) in [6.45, 7) is 6.02. The molecular weight excluding hydrogens is 728 g/mol. The highest BCUT2D eigenvalue weighted by Gasteiger charge is 2.39. The molecule has 13 nitrogen and oxygen atoms in total. The molecule has 0 bridgehead atoms. The third-order valence-electron chi connectivity index (χ3n) is 9.81. The average molecular weight is 773 g/mol. The van der Waals surface area contributed by atoms with Crippen LogP contribution in [0.15, 0.2) is 67.0 Å². The summed E-state index contributed by atoms with van der Waals surface area (Å²) in [5, 5.41) is 50.7. The molecule has 1 unspecified atom stereocenters. The molecule has 4 aromatic rings. The first-order valence-electron chi connectivity index (χ1n) is 17.9. The van der Waals surface area contributed by atoms with Crippen LogP contribution in [0.3, 0.4) is 0 Å². The Morgan fingerprint density at radius 3 is 2.35 bits per heavy atom. The van der Waals surface area contributed by atoms with E-state index in [-0.39, 0.29) is 37.6 Å². The first-order chi connectivity index (χ1) is 26.4. The molecule has 1 aliphatic heterocycles. The van der Waals surface area contributed by atoms with Crippen LogP contribution in [0.4, 0.5) is 0 Å². The lowest BCUT2D eigenvalue weighted by Crippen LogP contribution is -2.49. The molecule has 0 spiro atoms. The maximum Gasteiger partial charge on any atom is 0.335 e. The van der Waals surface area contributed by atoms with Gasteiger partial charge in [0.05, 0.1) is 23.8 Å². The number of halogens is 1. The van der Waals surface area contributed by atoms with Gasteiger partial charge in [0.2, 0.25) is 0 Å². The smallest absolute Gasteiger partial charge is 0.335 e. The molecule has 1 saturated heterocycles. The first-order valence-corrected chi connectivity index (χ1v) is 18.3. The van der Waals surface area contributed by atoms with Crippen molar-refractivity contribution in [2.75, 3.05) is 32.8 Å². The van der Waals surface area contributed by atoms with E-state index in [9.17, 15) is 35.3 Å². The fraction of sp³-hybridized carbons (Fsp3) is 0.366. The van der Waals surface area contributed by atoms with Crippen LogP contribution >= 0.6 is 11.6 Å². The van der Waals surface area contributed by atoms with Gasteiger partial charge in [0, 0.05) is 55.8 Å². The van der Waals surface area contributed by atoms with Crippen molar-refractivity contribution in [1.82, 2.24) is 15.2 Å². The Bertz CT molecular complexity index is 2030. The van der Waals surface area contributed by atoms with E-state index in [0.717, 1.165) is 46.5 Å². The molecule has 1 aliphatic rings. The lowest BCUT2D eigenvalue weighted by molar-refractivity contribution is -0.163. The van der Waals surface area contributed by atoms with Gasteiger partial charge in [-0.05, 0) is 79.1 Å². The predicted octanol–water partition coefficient (Wildman–Crippen LogP) is 5.26. The Kier molecular flexibility index (Phi) is 14.1. The SMILES string of the molecule is Cc1c(COc2cc(OCc3cncc(C#N)c3)c(CNC(CO)C(=O)O)cc2Cl)cccc1-c1cccc(OCCCN2CCC(O)(C(=O)O)CC2)c1C. The number of aliphatic carboxylic acids is 2. The van der Waals surface area contributed by atoms with Gasteiger partial charge >= 0.3 is 11.9 Å². The van der Waals surface area contributed by atoms with Gasteiger partial charge in [-0.25, -0.2) is 4.79 Å². The van der Waals surface area contributed by atoms with Gasteiger partial charge in [-0.2, -0.15) is 5.26 Å². The Balaban J connectivity index is 1.27. The molecular formula is C41H45ClN4O9. The number of carboxylic acid groups (broad SMARTS) is 2. The molecule has 2 heterocycles. The Morgan fingerprint density at radius 1 is 0.945 bits per heavy atom. The minimum atomic E-state index is -1.63. The number of carboxylic acids is 2. The largest absolute Gasteiger partial charge is 0.493 e. The monoisotopic (exact) mass is 772 g/mol. The van der Waals surface area contributed by atoms with Crippen LogP contribution in [-0.4, -0.2) is 86.7 Å². The maximum atomic E-state index is 11.5. The zero-order valence-corrected chi connectivity index (χ0v) is 31.5. The fourth-order valence-electron chi connectivity index (χ4n) is 6.39. The number of hydrogen-bond donors (Lipinski definition) is 5. The van der Waals surface area contributed by atoms with Crippen molar-refractivity contribution < 1.29 is 44.2 Å². The molecule has 14 heteroatoms. The molecule has 0 aliphatic carbocycles. The van der Waals surface area contributed by atoms with E-state index in [1.54, 1.807) is 24.4 Å². The van der Waals surface area contributed by atoms with Gasteiger partial charge in [0.15, 0.2) is 5.60 Å². The summed E-state index contributed by atoms with van der Waals surface area (Å²) in [7, 11) is 0. The summed E-state index contributed by atoms with van der Waals surface area (Å²) in [6, 6.07) is 17.7. The highest BCUT2D eigenvalue weighted by molar-refractivity contribution is 6.32. The van der Waals surface area contributed by atoms with E-state index in [0.29, 0.717) is 47.9 Å². The van der Waals surface area contributed by atoms with Crippen molar-refractivity contribution in [1.29, 1.82) is 5.26 Å². The van der Waals surface area contributed by atoms with E-state index in [4.69, 9.17) is 25.8 Å². The van der Waals surface area contributed by atoms with Crippen LogP contribution in [0.25, 0.3) is 11.1 Å². The molecule has 1 aromatic heterocycles. The zero-order chi connectivity index (χ0) is 39.5. The topological polar surface area (TPSA) is 195 Å². The summed E-state index contributed by atoms with van der Waals surface area (Å²) in [5.74, 6) is -0.869. The molecule has 5 rings (SSSR count). The Hall–Kier alpha value is -5.23. The van der Waals surface area contributed by atoms with Gasteiger partial charge in [0.1, 0.15) is 42.6 Å². The van der Waals surface area contributed by atoms with Crippen LogP contribution in [0.5, 0.6) is 17.2 Å². The maximum absolute atomic E-state index is 11.5. The van der Waals surface area contributed by atoms with E-state index in [1.165, 1.54) is 6.20 Å². The van der Waals surface area contributed by atoms with E-state index >= 15 is 0 Å². The van der Waals surface area contributed by atoms with Gasteiger partial charge in [-0.15, -0.1) is 0 Å². The van der Waals surface area contributed by atoms with Crippen molar-refractivity contribution in [2.24, 2.45) is 0 Å². The van der Waals surface area contributed by atoms with Gasteiger partial charge < -0.3 is 39.5 Å². The molecule has 55 heavy (non-hydrogen) atoms. The van der Waals surface area contributed by atoms with Crippen LogP contribution in [0.2, 0.25) is 5.02 Å². The van der Waals surface area contributed by atoms with Crippen molar-refractivity contribution in [3.05, 3.63) is 105 Å². The number of aromatic nitrogens is 1. The summed E-state index contributed by atoms with van der Waals surface area (Å²) >= 11 is 6.69. The number of nitrogens with one attached hydrogen (secondary N) is 1. The molecule has 0 radical (unpaired) electrons. The zero-order valence-electron chi connectivity index (χ0n) is 30.8. The number of ether oxygens (including phenoxy) is 3. The van der Waals surface area contributed by atoms with E-state index < -0.39 is 30.2 Å². The number of pyridine rings is 1. The normalized spacial score (nSPS) is 14.5. The highest BCUT2D eigenvalue weighted by atomic mass is 35.5. The summed E-state index contributed by atoms with van der Waals surface area (Å²) < 4.78 is 18.6. The standard InChI is InChI=1S/C41H45ClN4O9/c1-26-30(6-3-7-32(26)33-8-4-9-36(27(33)2)53-15-5-12-46-13-10-41(52,11-14-46)40(50)51)25-55-38-18-37(54-24-29-16-28(19-43)20-44-21-29)31(17-34(38)42)22-45-35(23-47)39(48)49/h3-4,6-9,16-18,20-21,35,45,47,52H,5,10-15,22-25H2,1-2H3,(H,48,49)(H,50,51).